The lowest BCUT2D eigenvalue weighted by atomic mass is 9.83. The quantitative estimate of drug-likeness (QED) is 0.202. The first kappa shape index (κ1) is 28.8. The second kappa shape index (κ2) is 14.8. The van der Waals surface area contributed by atoms with Gasteiger partial charge >= 0.3 is 12.0 Å². The summed E-state index contributed by atoms with van der Waals surface area (Å²) in [6.07, 6.45) is 1.69. The van der Waals surface area contributed by atoms with E-state index in [0.29, 0.717) is 25.1 Å². The largest absolute Gasteiger partial charge is 0.461 e. The summed E-state index contributed by atoms with van der Waals surface area (Å²) in [5, 5.41) is 5.30. The maximum atomic E-state index is 13.0. The number of carbonyl (C=O) groups is 5. The minimum atomic E-state index is -0.651. The van der Waals surface area contributed by atoms with Crippen molar-refractivity contribution in [2.75, 3.05) is 11.9 Å². The maximum Gasteiger partial charge on any atom is 0.312 e. The predicted octanol–water partition coefficient (Wildman–Crippen LogP) is 3.21. The molecule has 0 unspecified atom stereocenters. The van der Waals surface area contributed by atoms with Crippen molar-refractivity contribution >= 4 is 35.7 Å². The number of aldehydes is 1. The standard InChI is InChI=1S/C25H37N3O6/c1-16(2)21(11-13-29)22(30)14-19(6-5-12-27-25(26)33)23(31)28-20-9-7-18(8-10-20)15-34-24(32)17(3)4/h7-10,13,16-17,19,21H,5-6,11-12,14-15H2,1-4H3,(H,28,31)(H3,26,27,33)/t19-,21+/m1/s1. The van der Waals surface area contributed by atoms with Gasteiger partial charge in [0.25, 0.3) is 0 Å². The minimum Gasteiger partial charge on any atom is -0.461 e. The zero-order chi connectivity index (χ0) is 25.7. The fraction of sp³-hybridized carbons (Fsp3) is 0.560. The number of carbonyl (C=O) groups excluding carboxylic acids is 5. The van der Waals surface area contributed by atoms with E-state index in [9.17, 15) is 24.0 Å². The normalized spacial score (nSPS) is 12.6. The lowest BCUT2D eigenvalue weighted by Crippen LogP contribution is -2.32. The molecule has 0 saturated heterocycles. The van der Waals surface area contributed by atoms with Crippen LogP contribution >= 0.6 is 0 Å². The first-order valence-electron chi connectivity index (χ1n) is 11.6. The van der Waals surface area contributed by atoms with Gasteiger partial charge in [0.1, 0.15) is 18.7 Å². The number of amides is 3. The Morgan fingerprint density at radius 1 is 1.06 bits per heavy atom. The summed E-state index contributed by atoms with van der Waals surface area (Å²) in [5.41, 5.74) is 6.41. The number of nitrogens with two attached hydrogens (primary N) is 1. The van der Waals surface area contributed by atoms with Gasteiger partial charge in [0.2, 0.25) is 5.91 Å². The van der Waals surface area contributed by atoms with E-state index in [0.717, 1.165) is 11.8 Å². The molecule has 0 aliphatic rings. The summed E-state index contributed by atoms with van der Waals surface area (Å²) in [7, 11) is 0. The molecule has 4 N–H and O–H groups in total. The van der Waals surface area contributed by atoms with Gasteiger partial charge in [0.05, 0.1) is 5.92 Å². The van der Waals surface area contributed by atoms with Crippen LogP contribution in [-0.2, 0) is 30.5 Å². The van der Waals surface area contributed by atoms with Crippen molar-refractivity contribution in [2.24, 2.45) is 29.4 Å². The van der Waals surface area contributed by atoms with Gasteiger partial charge < -0.3 is 25.9 Å². The SMILES string of the molecule is CC(C)C(=O)OCc1ccc(NC(=O)[C@H](CCCNC(N)=O)CC(=O)[C@@H](CC=O)C(C)C)cc1. The number of hydrogen-bond acceptors (Lipinski definition) is 6. The Kier molecular flexibility index (Phi) is 12.6. The van der Waals surface area contributed by atoms with Gasteiger partial charge in [0, 0.05) is 36.9 Å². The van der Waals surface area contributed by atoms with Crippen LogP contribution in [0.2, 0.25) is 0 Å². The van der Waals surface area contributed by atoms with E-state index >= 15 is 0 Å². The molecular weight excluding hydrogens is 438 g/mol. The molecule has 1 aromatic carbocycles. The molecule has 0 heterocycles. The first-order valence-corrected chi connectivity index (χ1v) is 11.6. The molecule has 0 aliphatic carbocycles. The van der Waals surface area contributed by atoms with Crippen molar-refractivity contribution in [3.8, 4) is 0 Å². The number of ketones is 1. The molecule has 9 heteroatoms. The molecule has 0 fully saturated rings. The van der Waals surface area contributed by atoms with E-state index in [4.69, 9.17) is 10.5 Å². The van der Waals surface area contributed by atoms with Gasteiger partial charge in [-0.05, 0) is 36.5 Å². The molecule has 0 radical (unpaired) electrons. The van der Waals surface area contributed by atoms with Gasteiger partial charge in [-0.1, -0.05) is 39.8 Å². The summed E-state index contributed by atoms with van der Waals surface area (Å²) in [6.45, 7) is 7.69. The van der Waals surface area contributed by atoms with Crippen LogP contribution in [0, 0.1) is 23.7 Å². The summed E-state index contributed by atoms with van der Waals surface area (Å²) in [6, 6.07) is 6.25. The second-order valence-electron chi connectivity index (χ2n) is 9.00. The Hall–Kier alpha value is -3.23. The van der Waals surface area contributed by atoms with E-state index < -0.39 is 17.9 Å². The van der Waals surface area contributed by atoms with Crippen molar-refractivity contribution in [1.82, 2.24) is 5.32 Å². The van der Waals surface area contributed by atoms with Crippen molar-refractivity contribution in [3.63, 3.8) is 0 Å². The number of hydrogen-bond donors (Lipinski definition) is 3. The number of rotatable bonds is 15. The number of ether oxygens (including phenoxy) is 1. The van der Waals surface area contributed by atoms with Gasteiger partial charge in [-0.25, -0.2) is 4.79 Å². The average molecular weight is 476 g/mol. The average Bonchev–Trinajstić information content (AvgIpc) is 2.77. The topological polar surface area (TPSA) is 145 Å². The Morgan fingerprint density at radius 2 is 1.71 bits per heavy atom. The van der Waals surface area contributed by atoms with Crippen molar-refractivity contribution in [2.45, 2.75) is 60.0 Å². The van der Waals surface area contributed by atoms with Crippen molar-refractivity contribution < 1.29 is 28.7 Å². The van der Waals surface area contributed by atoms with Gasteiger partial charge in [-0.15, -0.1) is 0 Å². The smallest absolute Gasteiger partial charge is 0.312 e. The van der Waals surface area contributed by atoms with Gasteiger partial charge in [0.15, 0.2) is 0 Å². The Labute approximate surface area is 201 Å². The second-order valence-corrected chi connectivity index (χ2v) is 9.00. The lowest BCUT2D eigenvalue weighted by molar-refractivity contribution is -0.148. The van der Waals surface area contributed by atoms with E-state index in [1.807, 2.05) is 13.8 Å². The van der Waals surface area contributed by atoms with Crippen LogP contribution < -0.4 is 16.4 Å². The third-order valence-corrected chi connectivity index (χ3v) is 5.49. The number of Topliss-reactive ketones (excluding diaryl/α,β-unsaturated/α-hetero) is 1. The predicted molar refractivity (Wildman–Crippen MR) is 129 cm³/mol. The van der Waals surface area contributed by atoms with Gasteiger partial charge in [-0.2, -0.15) is 0 Å². The van der Waals surface area contributed by atoms with Crippen molar-refractivity contribution in [1.29, 1.82) is 0 Å². The molecule has 188 valence electrons. The van der Waals surface area contributed by atoms with E-state index in [1.54, 1.807) is 38.1 Å². The lowest BCUT2D eigenvalue weighted by Gasteiger charge is -2.21. The fourth-order valence-electron chi connectivity index (χ4n) is 3.41. The Balaban J connectivity index is 2.83. The molecule has 2 atom stereocenters. The van der Waals surface area contributed by atoms with Crippen LogP contribution in [0.25, 0.3) is 0 Å². The molecule has 0 aliphatic heterocycles. The maximum absolute atomic E-state index is 13.0. The molecule has 0 saturated carbocycles. The van der Waals surface area contributed by atoms with Crippen LogP contribution in [0.5, 0.6) is 0 Å². The Bertz CT molecular complexity index is 836. The number of esters is 1. The van der Waals surface area contributed by atoms with Crippen LogP contribution in [0.4, 0.5) is 10.5 Å². The van der Waals surface area contributed by atoms with E-state index in [2.05, 4.69) is 10.6 Å². The van der Waals surface area contributed by atoms with E-state index in [1.165, 1.54) is 0 Å². The molecule has 9 nitrogen and oxygen atoms in total. The first-order chi connectivity index (χ1) is 16.0. The van der Waals surface area contributed by atoms with Crippen LogP contribution in [0.3, 0.4) is 0 Å². The third kappa shape index (κ3) is 10.6. The van der Waals surface area contributed by atoms with Crippen LogP contribution in [0.1, 0.15) is 58.9 Å². The fourth-order valence-corrected chi connectivity index (χ4v) is 3.41. The molecule has 34 heavy (non-hydrogen) atoms. The number of urea groups is 1. The monoisotopic (exact) mass is 475 g/mol. The Morgan fingerprint density at radius 3 is 2.24 bits per heavy atom. The summed E-state index contributed by atoms with van der Waals surface area (Å²) in [4.78, 5) is 59.3. The third-order valence-electron chi connectivity index (χ3n) is 5.49. The molecule has 0 aromatic heterocycles. The minimum absolute atomic E-state index is 0.00231. The number of nitrogens with one attached hydrogen (secondary N) is 2. The van der Waals surface area contributed by atoms with Crippen LogP contribution in [0.15, 0.2) is 24.3 Å². The highest BCUT2D eigenvalue weighted by atomic mass is 16.5. The van der Waals surface area contributed by atoms with E-state index in [-0.39, 0.29) is 48.9 Å². The summed E-state index contributed by atoms with van der Waals surface area (Å²) in [5.74, 6) is -2.03. The number of primary amides is 1. The molecule has 0 spiro atoms. The molecule has 0 bridgehead atoms. The highest BCUT2D eigenvalue weighted by molar-refractivity contribution is 5.96. The van der Waals surface area contributed by atoms with Crippen LogP contribution in [-0.4, -0.2) is 36.5 Å². The van der Waals surface area contributed by atoms with Crippen molar-refractivity contribution in [3.05, 3.63) is 29.8 Å². The zero-order valence-corrected chi connectivity index (χ0v) is 20.5. The molecular formula is C25H37N3O6. The zero-order valence-electron chi connectivity index (χ0n) is 20.5. The molecule has 1 rings (SSSR count). The highest BCUT2D eigenvalue weighted by Crippen LogP contribution is 2.23. The van der Waals surface area contributed by atoms with Gasteiger partial charge in [-0.3, -0.25) is 14.4 Å². The molecule has 3 amide bonds. The summed E-state index contributed by atoms with van der Waals surface area (Å²) >= 11 is 0. The molecule has 1 aromatic rings. The summed E-state index contributed by atoms with van der Waals surface area (Å²) < 4.78 is 5.20. The number of anilines is 1. The highest BCUT2D eigenvalue weighted by Gasteiger charge is 2.28. The number of benzene rings is 1.